The molecule has 4 rings (SSSR count). The zero-order valence-electron chi connectivity index (χ0n) is 22.7. The fourth-order valence-corrected chi connectivity index (χ4v) is 3.92. The van der Waals surface area contributed by atoms with Gasteiger partial charge in [0.2, 0.25) is 0 Å². The number of halogens is 9. The lowest BCUT2D eigenvalue weighted by Gasteiger charge is -2.19. The van der Waals surface area contributed by atoms with E-state index in [0.29, 0.717) is 18.6 Å². The fourth-order valence-electron chi connectivity index (χ4n) is 3.92. The van der Waals surface area contributed by atoms with E-state index in [2.05, 4.69) is 28.4 Å². The third-order valence-corrected chi connectivity index (χ3v) is 6.06. The third-order valence-electron chi connectivity index (χ3n) is 6.06. The largest absolute Gasteiger partial charge is 0.432 e. The minimum Gasteiger partial charge on any atom is -0.429 e. The zero-order chi connectivity index (χ0) is 32.0. The van der Waals surface area contributed by atoms with Crippen molar-refractivity contribution in [1.29, 1.82) is 0 Å². The Labute approximate surface area is 246 Å². The first-order chi connectivity index (χ1) is 20.9. The smallest absolute Gasteiger partial charge is 0.429 e. The van der Waals surface area contributed by atoms with Gasteiger partial charge in [0, 0.05) is 23.3 Å². The van der Waals surface area contributed by atoms with Crippen LogP contribution >= 0.6 is 0 Å². The Morgan fingerprint density at radius 3 is 1.75 bits per heavy atom. The second kappa shape index (κ2) is 13.5. The molecule has 1 nitrogen and oxygen atoms in total. The molecule has 0 spiro atoms. The molecule has 0 saturated heterocycles. The Morgan fingerprint density at radius 2 is 1.18 bits per heavy atom. The molecule has 0 aliphatic heterocycles. The third kappa shape index (κ3) is 7.64. The number of aryl methyl sites for hydroxylation is 1. The quantitative estimate of drug-likeness (QED) is 0.0912. The molecule has 0 aliphatic rings. The van der Waals surface area contributed by atoms with Crippen molar-refractivity contribution in [2.45, 2.75) is 25.9 Å². The summed E-state index contributed by atoms with van der Waals surface area (Å²) in [5.41, 5.74) is -1.46. The SMILES string of the molecule is C/C=C/CCc1ccc(C#Cc2ccc(C#Cc3cc(F)c(C(F)(F)Oc4cc(F)c(F)c(F)c4)c(F)c3)c(F)c2)c(F)c1. The van der Waals surface area contributed by atoms with Gasteiger partial charge in [-0.3, -0.25) is 0 Å². The van der Waals surface area contributed by atoms with Gasteiger partial charge in [-0.1, -0.05) is 41.9 Å². The van der Waals surface area contributed by atoms with E-state index in [-0.39, 0.29) is 28.8 Å². The molecular formula is C34H19F9O. The van der Waals surface area contributed by atoms with Crippen molar-refractivity contribution in [3.05, 3.63) is 147 Å². The van der Waals surface area contributed by atoms with Crippen LogP contribution in [0.5, 0.6) is 5.75 Å². The van der Waals surface area contributed by atoms with Gasteiger partial charge in [0.1, 0.15) is 34.6 Å². The summed E-state index contributed by atoms with van der Waals surface area (Å²) in [6.07, 6.45) is 0.527. The van der Waals surface area contributed by atoms with Gasteiger partial charge in [-0.25, -0.2) is 30.7 Å². The second-order valence-corrected chi connectivity index (χ2v) is 9.25. The first kappa shape index (κ1) is 31.8. The van der Waals surface area contributed by atoms with Gasteiger partial charge in [-0.05, 0) is 67.8 Å². The second-order valence-electron chi connectivity index (χ2n) is 9.25. The topological polar surface area (TPSA) is 9.23 Å². The average molecular weight is 615 g/mol. The maximum atomic E-state index is 14.6. The first-order valence-corrected chi connectivity index (χ1v) is 12.8. The highest BCUT2D eigenvalue weighted by Crippen LogP contribution is 2.36. The molecule has 0 aromatic heterocycles. The number of benzene rings is 4. The van der Waals surface area contributed by atoms with Crippen LogP contribution < -0.4 is 4.74 Å². The molecule has 0 heterocycles. The Balaban J connectivity index is 1.51. The number of hydrogen-bond donors (Lipinski definition) is 0. The summed E-state index contributed by atoms with van der Waals surface area (Å²) in [6.45, 7) is 1.89. The van der Waals surface area contributed by atoms with Gasteiger partial charge in [0.25, 0.3) is 0 Å². The first-order valence-electron chi connectivity index (χ1n) is 12.8. The number of alkyl halides is 2. The molecule has 0 amide bonds. The molecule has 0 aliphatic carbocycles. The molecule has 4 aromatic carbocycles. The van der Waals surface area contributed by atoms with Crippen molar-refractivity contribution in [3.63, 3.8) is 0 Å². The Kier molecular flexibility index (Phi) is 9.75. The van der Waals surface area contributed by atoms with Crippen LogP contribution in [-0.2, 0) is 12.5 Å². The van der Waals surface area contributed by atoms with Crippen LogP contribution in [0.3, 0.4) is 0 Å². The highest BCUT2D eigenvalue weighted by molar-refractivity contribution is 5.49. The molecule has 0 atom stereocenters. The van der Waals surface area contributed by atoms with Gasteiger partial charge >= 0.3 is 6.11 Å². The maximum Gasteiger partial charge on any atom is 0.432 e. The van der Waals surface area contributed by atoms with Crippen LogP contribution in [0, 0.1) is 64.4 Å². The highest BCUT2D eigenvalue weighted by Gasteiger charge is 2.41. The summed E-state index contributed by atoms with van der Waals surface area (Å²) in [6, 6.07) is 9.28. The molecule has 44 heavy (non-hydrogen) atoms. The van der Waals surface area contributed by atoms with E-state index in [1.165, 1.54) is 24.3 Å². The molecular weight excluding hydrogens is 595 g/mol. The molecule has 4 aromatic rings. The molecule has 224 valence electrons. The Hall–Kier alpha value is -5.09. The molecule has 0 bridgehead atoms. The van der Waals surface area contributed by atoms with Crippen molar-refractivity contribution < 1.29 is 44.3 Å². The van der Waals surface area contributed by atoms with Crippen LogP contribution in [-0.4, -0.2) is 0 Å². The number of hydrogen-bond acceptors (Lipinski definition) is 1. The van der Waals surface area contributed by atoms with Crippen LogP contribution in [0.15, 0.2) is 72.8 Å². The van der Waals surface area contributed by atoms with E-state index in [9.17, 15) is 39.5 Å². The molecule has 0 radical (unpaired) electrons. The van der Waals surface area contributed by atoms with Crippen molar-refractivity contribution in [2.75, 3.05) is 0 Å². The minimum atomic E-state index is -4.77. The van der Waals surface area contributed by atoms with E-state index in [1.54, 1.807) is 6.07 Å². The lowest BCUT2D eigenvalue weighted by molar-refractivity contribution is -0.189. The highest BCUT2D eigenvalue weighted by atomic mass is 19.3. The summed E-state index contributed by atoms with van der Waals surface area (Å²) in [5.74, 6) is -2.07. The predicted molar refractivity (Wildman–Crippen MR) is 145 cm³/mol. The maximum absolute atomic E-state index is 14.6. The monoisotopic (exact) mass is 614 g/mol. The fraction of sp³-hybridized carbons (Fsp3) is 0.118. The normalized spacial score (nSPS) is 11.1. The lowest BCUT2D eigenvalue weighted by atomic mass is 10.1. The zero-order valence-corrected chi connectivity index (χ0v) is 22.7. The number of rotatable bonds is 6. The summed E-state index contributed by atoms with van der Waals surface area (Å²) < 4.78 is 131. The van der Waals surface area contributed by atoms with E-state index in [4.69, 9.17) is 0 Å². The van der Waals surface area contributed by atoms with Crippen molar-refractivity contribution in [2.24, 2.45) is 0 Å². The standard InChI is InChI=1S/C34H19F9O/c1-2-3-4-5-20-6-10-23(26(35)14-20)11-7-21-8-12-24(27(36)15-21)13-9-22-16-28(37)32(29(38)17-22)34(42,43)44-25-18-30(39)33(41)31(40)19-25/h2-3,6,8,10,12,14-19H,4-5H2,1H3/b3-2+. The van der Waals surface area contributed by atoms with Gasteiger partial charge in [-0.15, -0.1) is 0 Å². The molecule has 0 unspecified atom stereocenters. The summed E-state index contributed by atoms with van der Waals surface area (Å²) in [5, 5.41) is 0. The van der Waals surface area contributed by atoms with Crippen LogP contribution in [0.4, 0.5) is 39.5 Å². The van der Waals surface area contributed by atoms with Crippen molar-refractivity contribution in [3.8, 4) is 29.4 Å². The average Bonchev–Trinajstić information content (AvgIpc) is 2.94. The molecule has 10 heteroatoms. The van der Waals surface area contributed by atoms with E-state index < -0.39 is 63.7 Å². The lowest BCUT2D eigenvalue weighted by Crippen LogP contribution is -2.25. The molecule has 0 saturated carbocycles. The van der Waals surface area contributed by atoms with Crippen molar-refractivity contribution >= 4 is 0 Å². The van der Waals surface area contributed by atoms with E-state index >= 15 is 0 Å². The van der Waals surface area contributed by atoms with Crippen LogP contribution in [0.25, 0.3) is 0 Å². The summed E-state index contributed by atoms with van der Waals surface area (Å²) in [7, 11) is 0. The van der Waals surface area contributed by atoms with E-state index in [1.807, 2.05) is 19.1 Å². The van der Waals surface area contributed by atoms with Crippen LogP contribution in [0.2, 0.25) is 0 Å². The van der Waals surface area contributed by atoms with Crippen LogP contribution in [0.1, 0.15) is 46.7 Å². The molecule has 0 N–H and O–H groups in total. The van der Waals surface area contributed by atoms with Gasteiger partial charge in [0.15, 0.2) is 17.5 Å². The number of allylic oxidation sites excluding steroid dienone is 2. The number of ether oxygens (including phenoxy) is 1. The van der Waals surface area contributed by atoms with Gasteiger partial charge < -0.3 is 4.74 Å². The van der Waals surface area contributed by atoms with Gasteiger partial charge in [0.05, 0.1) is 11.1 Å². The Morgan fingerprint density at radius 1 is 0.636 bits per heavy atom. The van der Waals surface area contributed by atoms with Crippen molar-refractivity contribution in [1.82, 2.24) is 0 Å². The molecule has 0 fully saturated rings. The minimum absolute atomic E-state index is 0.0797. The van der Waals surface area contributed by atoms with Gasteiger partial charge in [-0.2, -0.15) is 8.78 Å². The summed E-state index contributed by atoms with van der Waals surface area (Å²) in [4.78, 5) is 0. The predicted octanol–water partition coefficient (Wildman–Crippen LogP) is 9.10. The van der Waals surface area contributed by atoms with E-state index in [0.717, 1.165) is 18.1 Å². The Bertz CT molecular complexity index is 1830. The summed E-state index contributed by atoms with van der Waals surface area (Å²) >= 11 is 0.